The number of hydrogen-bond acceptors (Lipinski definition) is 3. The van der Waals surface area contributed by atoms with E-state index in [2.05, 4.69) is 4.98 Å². The molecule has 1 heterocycles. The minimum atomic E-state index is -0.897. The van der Waals surface area contributed by atoms with Gasteiger partial charge in [-0.1, -0.05) is 24.3 Å². The second-order valence-electron chi connectivity index (χ2n) is 5.96. The summed E-state index contributed by atoms with van der Waals surface area (Å²) in [6.07, 6.45) is 0. The van der Waals surface area contributed by atoms with E-state index in [4.69, 9.17) is 4.74 Å². The first-order chi connectivity index (χ1) is 11.5. The Morgan fingerprint density at radius 3 is 2.75 bits per heavy atom. The highest BCUT2D eigenvalue weighted by Crippen LogP contribution is 2.24. The molecule has 0 saturated heterocycles. The van der Waals surface area contributed by atoms with Crippen LogP contribution in [0.1, 0.15) is 29.9 Å². The van der Waals surface area contributed by atoms with Crippen molar-refractivity contribution in [2.24, 2.45) is 0 Å². The van der Waals surface area contributed by atoms with E-state index >= 15 is 0 Å². The Labute approximate surface area is 140 Å². The van der Waals surface area contributed by atoms with Crippen LogP contribution in [-0.2, 0) is 11.4 Å². The standard InChI is InChI=1S/C19H20N2O3/c1-12-8-9-13(2)17(10-12)24-11-18-20-15-6-4-5-7-16(15)21(18)14(3)19(22)23/h4-10,14H,11H2,1-3H3,(H,22,23). The summed E-state index contributed by atoms with van der Waals surface area (Å²) in [4.78, 5) is 16.0. The Morgan fingerprint density at radius 1 is 1.25 bits per heavy atom. The lowest BCUT2D eigenvalue weighted by Gasteiger charge is -2.15. The maximum absolute atomic E-state index is 11.5. The molecule has 2 aromatic carbocycles. The van der Waals surface area contributed by atoms with Crippen molar-refractivity contribution in [1.82, 2.24) is 9.55 Å². The number of carboxylic acids is 1. The predicted molar refractivity (Wildman–Crippen MR) is 92.3 cm³/mol. The van der Waals surface area contributed by atoms with Crippen LogP contribution in [0.25, 0.3) is 11.0 Å². The molecular weight excluding hydrogens is 304 g/mol. The number of para-hydroxylation sites is 2. The lowest BCUT2D eigenvalue weighted by Crippen LogP contribution is -2.19. The Balaban J connectivity index is 1.98. The van der Waals surface area contributed by atoms with Crippen LogP contribution >= 0.6 is 0 Å². The number of nitrogens with zero attached hydrogens (tertiary/aromatic N) is 2. The molecule has 1 atom stereocenters. The average molecular weight is 324 g/mol. The van der Waals surface area contributed by atoms with Crippen molar-refractivity contribution in [2.75, 3.05) is 0 Å². The van der Waals surface area contributed by atoms with Crippen LogP contribution in [0.3, 0.4) is 0 Å². The van der Waals surface area contributed by atoms with E-state index in [0.29, 0.717) is 5.82 Å². The number of aliphatic carboxylic acids is 1. The predicted octanol–water partition coefficient (Wildman–Crippen LogP) is 3.88. The average Bonchev–Trinajstić information content (AvgIpc) is 2.93. The quantitative estimate of drug-likeness (QED) is 0.773. The highest BCUT2D eigenvalue weighted by Gasteiger charge is 2.21. The number of aryl methyl sites for hydroxylation is 2. The summed E-state index contributed by atoms with van der Waals surface area (Å²) < 4.78 is 7.65. The van der Waals surface area contributed by atoms with E-state index in [-0.39, 0.29) is 6.61 Å². The molecule has 3 aromatic rings. The number of carboxylic acid groups (broad SMARTS) is 1. The summed E-state index contributed by atoms with van der Waals surface area (Å²) in [5.41, 5.74) is 3.72. The van der Waals surface area contributed by atoms with Gasteiger partial charge in [0.2, 0.25) is 0 Å². The van der Waals surface area contributed by atoms with Crippen LogP contribution in [-0.4, -0.2) is 20.6 Å². The summed E-state index contributed by atoms with van der Waals surface area (Å²) >= 11 is 0. The molecular formula is C19H20N2O3. The summed E-state index contributed by atoms with van der Waals surface area (Å²) in [7, 11) is 0. The maximum atomic E-state index is 11.5. The largest absolute Gasteiger partial charge is 0.485 e. The molecule has 0 fully saturated rings. The molecule has 1 N–H and O–H groups in total. The van der Waals surface area contributed by atoms with Gasteiger partial charge in [0.15, 0.2) is 0 Å². The SMILES string of the molecule is Cc1ccc(C)c(OCc2nc3ccccc3n2C(C)C(=O)O)c1. The number of rotatable bonds is 5. The van der Waals surface area contributed by atoms with Crippen LogP contribution in [0.5, 0.6) is 5.75 Å². The Morgan fingerprint density at radius 2 is 2.00 bits per heavy atom. The number of ether oxygens (including phenoxy) is 1. The molecule has 0 aliphatic heterocycles. The van der Waals surface area contributed by atoms with Gasteiger partial charge in [-0.2, -0.15) is 0 Å². The van der Waals surface area contributed by atoms with E-state index in [1.165, 1.54) is 0 Å². The van der Waals surface area contributed by atoms with E-state index in [1.54, 1.807) is 11.5 Å². The van der Waals surface area contributed by atoms with E-state index in [9.17, 15) is 9.90 Å². The minimum absolute atomic E-state index is 0.219. The van der Waals surface area contributed by atoms with Gasteiger partial charge in [-0.3, -0.25) is 0 Å². The first kappa shape index (κ1) is 16.1. The number of fused-ring (bicyclic) bond motifs is 1. The third kappa shape index (κ3) is 2.97. The fourth-order valence-corrected chi connectivity index (χ4v) is 2.74. The molecule has 1 unspecified atom stereocenters. The van der Waals surface area contributed by atoms with Gasteiger partial charge < -0.3 is 14.4 Å². The summed E-state index contributed by atoms with van der Waals surface area (Å²) in [6.45, 7) is 5.86. The molecule has 0 amide bonds. The molecule has 3 rings (SSSR count). The van der Waals surface area contributed by atoms with Crippen LogP contribution in [0.4, 0.5) is 0 Å². The van der Waals surface area contributed by atoms with Crippen molar-refractivity contribution in [3.63, 3.8) is 0 Å². The van der Waals surface area contributed by atoms with Gasteiger partial charge in [-0.25, -0.2) is 9.78 Å². The Bertz CT molecular complexity index is 899. The molecule has 0 aliphatic rings. The number of hydrogen-bond donors (Lipinski definition) is 1. The lowest BCUT2D eigenvalue weighted by atomic mass is 10.1. The number of aromatic nitrogens is 2. The van der Waals surface area contributed by atoms with Gasteiger partial charge >= 0.3 is 5.97 Å². The smallest absolute Gasteiger partial charge is 0.326 e. The molecule has 0 spiro atoms. The van der Waals surface area contributed by atoms with Crippen molar-refractivity contribution >= 4 is 17.0 Å². The topological polar surface area (TPSA) is 64.4 Å². The Kier molecular flexibility index (Phi) is 4.25. The molecule has 124 valence electrons. The van der Waals surface area contributed by atoms with Crippen molar-refractivity contribution in [3.05, 3.63) is 59.4 Å². The molecule has 24 heavy (non-hydrogen) atoms. The zero-order valence-corrected chi connectivity index (χ0v) is 14.0. The molecule has 0 aliphatic carbocycles. The molecule has 0 saturated carbocycles. The monoisotopic (exact) mass is 324 g/mol. The third-order valence-electron chi connectivity index (χ3n) is 4.11. The fourth-order valence-electron chi connectivity index (χ4n) is 2.74. The van der Waals surface area contributed by atoms with E-state index in [1.807, 2.05) is 56.3 Å². The first-order valence-electron chi connectivity index (χ1n) is 7.86. The first-order valence-corrected chi connectivity index (χ1v) is 7.86. The maximum Gasteiger partial charge on any atom is 0.326 e. The van der Waals surface area contributed by atoms with Gasteiger partial charge in [0.25, 0.3) is 0 Å². The number of benzene rings is 2. The number of imidazole rings is 1. The van der Waals surface area contributed by atoms with E-state index < -0.39 is 12.0 Å². The summed E-state index contributed by atoms with van der Waals surface area (Å²) in [5.74, 6) is 0.495. The summed E-state index contributed by atoms with van der Waals surface area (Å²) in [6, 6.07) is 12.8. The second kappa shape index (κ2) is 6.35. The molecule has 0 bridgehead atoms. The number of carbonyl (C=O) groups is 1. The fraction of sp³-hybridized carbons (Fsp3) is 0.263. The van der Waals surface area contributed by atoms with Crippen LogP contribution in [0, 0.1) is 13.8 Å². The molecule has 5 nitrogen and oxygen atoms in total. The summed E-state index contributed by atoms with van der Waals surface area (Å²) in [5, 5.41) is 9.41. The highest BCUT2D eigenvalue weighted by atomic mass is 16.5. The zero-order valence-electron chi connectivity index (χ0n) is 14.0. The normalized spacial score (nSPS) is 12.3. The third-order valence-corrected chi connectivity index (χ3v) is 4.11. The second-order valence-corrected chi connectivity index (χ2v) is 5.96. The Hall–Kier alpha value is -2.82. The van der Waals surface area contributed by atoms with Crippen molar-refractivity contribution < 1.29 is 14.6 Å². The lowest BCUT2D eigenvalue weighted by molar-refractivity contribution is -0.140. The molecule has 5 heteroatoms. The zero-order chi connectivity index (χ0) is 17.3. The van der Waals surface area contributed by atoms with Crippen LogP contribution in [0.15, 0.2) is 42.5 Å². The minimum Gasteiger partial charge on any atom is -0.485 e. The van der Waals surface area contributed by atoms with Gasteiger partial charge in [0.1, 0.15) is 24.2 Å². The highest BCUT2D eigenvalue weighted by molar-refractivity contribution is 5.80. The van der Waals surface area contributed by atoms with Crippen LogP contribution < -0.4 is 4.74 Å². The van der Waals surface area contributed by atoms with Gasteiger partial charge in [0, 0.05) is 0 Å². The molecule has 1 aromatic heterocycles. The van der Waals surface area contributed by atoms with Crippen molar-refractivity contribution in [3.8, 4) is 5.75 Å². The van der Waals surface area contributed by atoms with E-state index in [0.717, 1.165) is 27.9 Å². The van der Waals surface area contributed by atoms with Gasteiger partial charge in [-0.15, -0.1) is 0 Å². The van der Waals surface area contributed by atoms with Gasteiger partial charge in [-0.05, 0) is 50.1 Å². The van der Waals surface area contributed by atoms with Crippen molar-refractivity contribution in [2.45, 2.75) is 33.4 Å². The van der Waals surface area contributed by atoms with Crippen LogP contribution in [0.2, 0.25) is 0 Å². The molecule has 0 radical (unpaired) electrons. The van der Waals surface area contributed by atoms with Crippen molar-refractivity contribution in [1.29, 1.82) is 0 Å². The van der Waals surface area contributed by atoms with Gasteiger partial charge in [0.05, 0.1) is 11.0 Å².